The van der Waals surface area contributed by atoms with E-state index < -0.39 is 6.10 Å². The first-order valence-corrected chi connectivity index (χ1v) is 4.97. The van der Waals surface area contributed by atoms with Gasteiger partial charge in [-0.3, -0.25) is 0 Å². The van der Waals surface area contributed by atoms with Gasteiger partial charge in [-0.05, 0) is 24.6 Å². The lowest BCUT2D eigenvalue weighted by atomic mass is 10.1. The Labute approximate surface area is 93.4 Å². The molecule has 0 heterocycles. The summed E-state index contributed by atoms with van der Waals surface area (Å²) >= 11 is 11.6. The lowest BCUT2D eigenvalue weighted by Crippen LogP contribution is -2.16. The molecule has 0 aromatic heterocycles. The summed E-state index contributed by atoms with van der Waals surface area (Å²) < 4.78 is 5.01. The van der Waals surface area contributed by atoms with Crippen LogP contribution in [0, 0.1) is 0 Å². The fraction of sp³-hybridized carbons (Fsp3) is 0.400. The highest BCUT2D eigenvalue weighted by atomic mass is 35.5. The van der Waals surface area contributed by atoms with E-state index in [1.165, 1.54) is 0 Å². The number of rotatable bonds is 3. The molecule has 1 N–H and O–H groups in total. The zero-order valence-electron chi connectivity index (χ0n) is 8.00. The van der Waals surface area contributed by atoms with E-state index in [0.717, 1.165) is 0 Å². The number of hydrogen-bond acceptors (Lipinski definition) is 2. The van der Waals surface area contributed by atoms with Crippen molar-refractivity contribution in [3.8, 4) is 0 Å². The molecule has 0 aliphatic heterocycles. The average Bonchev–Trinajstić information content (AvgIpc) is 2.20. The van der Waals surface area contributed by atoms with Crippen LogP contribution in [0.5, 0.6) is 0 Å². The van der Waals surface area contributed by atoms with Crippen molar-refractivity contribution in [3.63, 3.8) is 0 Å². The summed E-state index contributed by atoms with van der Waals surface area (Å²) in [6.07, 6.45) is -0.956. The van der Waals surface area contributed by atoms with Gasteiger partial charge in [-0.2, -0.15) is 0 Å². The first kappa shape index (κ1) is 11.8. The van der Waals surface area contributed by atoms with Crippen LogP contribution in [0.1, 0.15) is 18.6 Å². The molecule has 0 amide bonds. The Bertz CT molecular complexity index is 315. The zero-order valence-corrected chi connectivity index (χ0v) is 9.51. The second-order valence-corrected chi connectivity index (χ2v) is 3.87. The van der Waals surface area contributed by atoms with Crippen LogP contribution in [0.15, 0.2) is 18.2 Å². The molecule has 0 aliphatic carbocycles. The van der Waals surface area contributed by atoms with E-state index >= 15 is 0 Å². The molecule has 0 radical (unpaired) electrons. The molecule has 1 rings (SSSR count). The molecular formula is C10H12Cl2O2. The number of methoxy groups -OCH3 is 1. The molecule has 0 saturated heterocycles. The Morgan fingerprint density at radius 2 is 1.93 bits per heavy atom. The first-order valence-electron chi connectivity index (χ1n) is 4.22. The number of aliphatic hydroxyl groups is 1. The van der Waals surface area contributed by atoms with Crippen LogP contribution in [0.4, 0.5) is 0 Å². The molecule has 4 heteroatoms. The molecule has 2 unspecified atom stereocenters. The predicted octanol–water partition coefficient (Wildman–Crippen LogP) is 3.06. The van der Waals surface area contributed by atoms with E-state index in [1.54, 1.807) is 32.2 Å². The maximum Gasteiger partial charge on any atom is 0.105 e. The summed E-state index contributed by atoms with van der Waals surface area (Å²) in [4.78, 5) is 0. The highest BCUT2D eigenvalue weighted by molar-refractivity contribution is 6.42. The van der Waals surface area contributed by atoms with Crippen LogP contribution < -0.4 is 0 Å². The Morgan fingerprint density at radius 3 is 2.43 bits per heavy atom. The molecule has 1 aromatic carbocycles. The van der Waals surface area contributed by atoms with Gasteiger partial charge in [0.2, 0.25) is 0 Å². The van der Waals surface area contributed by atoms with Gasteiger partial charge in [-0.15, -0.1) is 0 Å². The van der Waals surface area contributed by atoms with Crippen molar-refractivity contribution >= 4 is 23.2 Å². The molecule has 0 aliphatic rings. The van der Waals surface area contributed by atoms with Gasteiger partial charge in [0.25, 0.3) is 0 Å². The number of halogens is 2. The highest BCUT2D eigenvalue weighted by Gasteiger charge is 2.16. The van der Waals surface area contributed by atoms with Gasteiger partial charge in [0.1, 0.15) is 6.10 Å². The number of aliphatic hydroxyl groups excluding tert-OH is 1. The van der Waals surface area contributed by atoms with Crippen LogP contribution in [0.25, 0.3) is 0 Å². The van der Waals surface area contributed by atoms with Crippen LogP contribution in [-0.2, 0) is 4.74 Å². The van der Waals surface area contributed by atoms with E-state index in [2.05, 4.69) is 0 Å². The number of ether oxygens (including phenoxy) is 1. The summed E-state index contributed by atoms with van der Waals surface area (Å²) in [5.74, 6) is 0. The van der Waals surface area contributed by atoms with Crippen molar-refractivity contribution < 1.29 is 9.84 Å². The fourth-order valence-electron chi connectivity index (χ4n) is 1.10. The van der Waals surface area contributed by atoms with Gasteiger partial charge in [0.05, 0.1) is 16.1 Å². The van der Waals surface area contributed by atoms with Crippen molar-refractivity contribution in [1.29, 1.82) is 0 Å². The van der Waals surface area contributed by atoms with Crippen LogP contribution in [0.2, 0.25) is 10.0 Å². The van der Waals surface area contributed by atoms with Gasteiger partial charge < -0.3 is 9.84 Å². The van der Waals surface area contributed by atoms with Crippen molar-refractivity contribution in [2.75, 3.05) is 7.11 Å². The fourth-order valence-corrected chi connectivity index (χ4v) is 1.40. The van der Waals surface area contributed by atoms with E-state index in [1.807, 2.05) is 0 Å². The van der Waals surface area contributed by atoms with Crippen LogP contribution in [-0.4, -0.2) is 18.3 Å². The molecule has 2 nitrogen and oxygen atoms in total. The number of benzene rings is 1. The third kappa shape index (κ3) is 2.61. The van der Waals surface area contributed by atoms with Gasteiger partial charge in [-0.1, -0.05) is 29.3 Å². The third-order valence-electron chi connectivity index (χ3n) is 2.10. The monoisotopic (exact) mass is 234 g/mol. The standard InChI is InChI=1S/C10H12Cl2O2/c1-6(14-2)10(13)7-3-4-8(11)9(12)5-7/h3-6,10,13H,1-2H3. The summed E-state index contributed by atoms with van der Waals surface area (Å²) in [5, 5.41) is 10.7. The van der Waals surface area contributed by atoms with Gasteiger partial charge in [0, 0.05) is 7.11 Å². The maximum atomic E-state index is 9.78. The van der Waals surface area contributed by atoms with Gasteiger partial charge in [-0.25, -0.2) is 0 Å². The smallest absolute Gasteiger partial charge is 0.105 e. The Hall–Kier alpha value is -0.280. The van der Waals surface area contributed by atoms with Gasteiger partial charge >= 0.3 is 0 Å². The summed E-state index contributed by atoms with van der Waals surface area (Å²) in [5.41, 5.74) is 0.703. The lowest BCUT2D eigenvalue weighted by molar-refractivity contribution is -0.00141. The zero-order chi connectivity index (χ0) is 10.7. The maximum absolute atomic E-state index is 9.78. The summed E-state index contributed by atoms with van der Waals surface area (Å²) in [7, 11) is 1.55. The largest absolute Gasteiger partial charge is 0.386 e. The molecule has 2 atom stereocenters. The molecular weight excluding hydrogens is 223 g/mol. The Kier molecular flexibility index (Phi) is 4.20. The van der Waals surface area contributed by atoms with Crippen molar-refractivity contribution in [1.82, 2.24) is 0 Å². The second kappa shape index (κ2) is 4.99. The van der Waals surface area contributed by atoms with E-state index in [4.69, 9.17) is 27.9 Å². The van der Waals surface area contributed by atoms with Gasteiger partial charge in [0.15, 0.2) is 0 Å². The Balaban J connectivity index is 2.91. The first-order chi connectivity index (χ1) is 6.56. The van der Waals surface area contributed by atoms with E-state index in [0.29, 0.717) is 15.6 Å². The minimum absolute atomic E-state index is 0.271. The second-order valence-electron chi connectivity index (χ2n) is 3.06. The van der Waals surface area contributed by atoms with Crippen molar-refractivity contribution in [2.45, 2.75) is 19.1 Å². The predicted molar refractivity (Wildman–Crippen MR) is 57.9 cm³/mol. The average molecular weight is 235 g/mol. The van der Waals surface area contributed by atoms with E-state index in [9.17, 15) is 5.11 Å². The molecule has 0 bridgehead atoms. The summed E-state index contributed by atoms with van der Waals surface area (Å²) in [6, 6.07) is 5.03. The Morgan fingerprint density at radius 1 is 1.29 bits per heavy atom. The molecule has 0 fully saturated rings. The minimum atomic E-state index is -0.685. The highest BCUT2D eigenvalue weighted by Crippen LogP contribution is 2.27. The topological polar surface area (TPSA) is 29.5 Å². The molecule has 0 spiro atoms. The summed E-state index contributed by atoms with van der Waals surface area (Å²) in [6.45, 7) is 1.78. The minimum Gasteiger partial charge on any atom is -0.386 e. The molecule has 0 saturated carbocycles. The lowest BCUT2D eigenvalue weighted by Gasteiger charge is -2.17. The molecule has 14 heavy (non-hydrogen) atoms. The van der Waals surface area contributed by atoms with Crippen molar-refractivity contribution in [3.05, 3.63) is 33.8 Å². The van der Waals surface area contributed by atoms with Crippen LogP contribution in [0.3, 0.4) is 0 Å². The number of hydrogen-bond donors (Lipinski definition) is 1. The SMILES string of the molecule is COC(C)C(O)c1ccc(Cl)c(Cl)c1. The normalized spacial score (nSPS) is 15.2. The quantitative estimate of drug-likeness (QED) is 0.872. The third-order valence-corrected chi connectivity index (χ3v) is 2.84. The molecule has 78 valence electrons. The molecule has 1 aromatic rings. The van der Waals surface area contributed by atoms with Crippen molar-refractivity contribution in [2.24, 2.45) is 0 Å². The van der Waals surface area contributed by atoms with E-state index in [-0.39, 0.29) is 6.10 Å². The van der Waals surface area contributed by atoms with Crippen LogP contribution >= 0.6 is 23.2 Å².